The van der Waals surface area contributed by atoms with E-state index in [1.54, 1.807) is 0 Å². The smallest absolute Gasteiger partial charge is 0.248 e. The molecule has 2 bridgehead atoms. The zero-order valence-corrected chi connectivity index (χ0v) is 16.4. The number of carbonyl (C=O) groups is 2. The summed E-state index contributed by atoms with van der Waals surface area (Å²) in [5.74, 6) is -2.79. The topological polar surface area (TPSA) is 49.9 Å². The minimum atomic E-state index is -2.62. The lowest BCUT2D eigenvalue weighted by atomic mass is 9.85. The number of hydrogen-bond donors (Lipinski definition) is 0. The summed E-state index contributed by atoms with van der Waals surface area (Å²) < 4.78 is 32.5. The quantitative estimate of drug-likeness (QED) is 0.721. The average Bonchev–Trinajstić information content (AvgIpc) is 3.45. The minimum absolute atomic E-state index is 0.0242. The average molecular weight is 396 g/mol. The molecule has 2 amide bonds. The predicted octanol–water partition coefficient (Wildman–Crippen LogP) is 2.83. The van der Waals surface area contributed by atoms with Crippen molar-refractivity contribution in [3.05, 3.63) is 0 Å². The molecule has 4 atom stereocenters. The van der Waals surface area contributed by atoms with Crippen LogP contribution in [0.2, 0.25) is 0 Å². The molecule has 5 nitrogen and oxygen atoms in total. The fourth-order valence-corrected chi connectivity index (χ4v) is 6.42. The highest BCUT2D eigenvalue weighted by atomic mass is 19.3. The molecule has 7 heteroatoms. The Kier molecular flexibility index (Phi) is 4.45. The lowest BCUT2D eigenvalue weighted by Gasteiger charge is -2.33. The number of likely N-dealkylation sites (tertiary alicyclic amines) is 1. The molecule has 4 saturated heterocycles. The monoisotopic (exact) mass is 396 g/mol. The number of hydrogen-bond acceptors (Lipinski definition) is 3. The van der Waals surface area contributed by atoms with Crippen molar-refractivity contribution in [1.29, 1.82) is 0 Å². The highest BCUT2D eigenvalue weighted by molar-refractivity contribution is 5.85. The van der Waals surface area contributed by atoms with Gasteiger partial charge in [-0.3, -0.25) is 9.59 Å². The maximum absolute atomic E-state index is 13.5. The third-order valence-electron chi connectivity index (χ3n) is 8.11. The van der Waals surface area contributed by atoms with Crippen molar-refractivity contribution in [1.82, 2.24) is 9.80 Å². The van der Waals surface area contributed by atoms with Gasteiger partial charge in [-0.15, -0.1) is 0 Å². The fourth-order valence-electron chi connectivity index (χ4n) is 6.42. The first-order chi connectivity index (χ1) is 13.4. The number of rotatable bonds is 2. The van der Waals surface area contributed by atoms with E-state index in [9.17, 15) is 18.4 Å². The van der Waals surface area contributed by atoms with Gasteiger partial charge in [-0.25, -0.2) is 8.78 Å². The van der Waals surface area contributed by atoms with E-state index in [0.29, 0.717) is 0 Å². The molecule has 4 heterocycles. The van der Waals surface area contributed by atoms with E-state index in [1.807, 2.05) is 9.80 Å². The molecule has 4 aliphatic heterocycles. The van der Waals surface area contributed by atoms with Crippen LogP contribution in [0.4, 0.5) is 8.78 Å². The first kappa shape index (κ1) is 18.8. The Morgan fingerprint density at radius 1 is 0.964 bits per heavy atom. The standard InChI is InChI=1S/C21H30F2N2O3/c22-21(23)5-3-14(4-6-21)18(26)25-15-1-2-17(25)16(11-15)19(27)24-9-7-20(12-24)8-10-28-13-20/h14-17H,1-13H2/t15-,16-,17-,20+/m1/s1. The molecule has 0 radical (unpaired) electrons. The van der Waals surface area contributed by atoms with Crippen molar-refractivity contribution in [2.24, 2.45) is 17.3 Å². The van der Waals surface area contributed by atoms with Gasteiger partial charge in [0.1, 0.15) is 0 Å². The van der Waals surface area contributed by atoms with E-state index in [-0.39, 0.29) is 66.8 Å². The number of halogens is 2. The van der Waals surface area contributed by atoms with Crippen LogP contribution in [-0.2, 0) is 14.3 Å². The summed E-state index contributed by atoms with van der Waals surface area (Å²) in [5, 5.41) is 0. The summed E-state index contributed by atoms with van der Waals surface area (Å²) in [6.45, 7) is 3.12. The molecule has 1 spiro atoms. The molecule has 0 aromatic carbocycles. The number of carbonyl (C=O) groups excluding carboxylic acids is 2. The first-order valence-electron chi connectivity index (χ1n) is 10.9. The van der Waals surface area contributed by atoms with Gasteiger partial charge in [0, 0.05) is 56.0 Å². The van der Waals surface area contributed by atoms with Gasteiger partial charge >= 0.3 is 0 Å². The van der Waals surface area contributed by atoms with Crippen molar-refractivity contribution < 1.29 is 23.1 Å². The molecule has 0 unspecified atom stereocenters. The van der Waals surface area contributed by atoms with Gasteiger partial charge in [0.25, 0.3) is 0 Å². The Balaban J connectivity index is 1.24. The summed E-state index contributed by atoms with van der Waals surface area (Å²) >= 11 is 0. The van der Waals surface area contributed by atoms with Crippen molar-refractivity contribution in [3.63, 3.8) is 0 Å². The number of ether oxygens (including phenoxy) is 1. The summed E-state index contributed by atoms with van der Waals surface area (Å²) in [6.07, 6.45) is 4.78. The van der Waals surface area contributed by atoms with Gasteiger partial charge < -0.3 is 14.5 Å². The molecular weight excluding hydrogens is 366 g/mol. The minimum Gasteiger partial charge on any atom is -0.381 e. The summed E-state index contributed by atoms with van der Waals surface area (Å²) in [4.78, 5) is 30.3. The molecule has 5 rings (SSSR count). The summed E-state index contributed by atoms with van der Waals surface area (Å²) in [5.41, 5.74) is 0.149. The van der Waals surface area contributed by atoms with Crippen LogP contribution < -0.4 is 0 Å². The SMILES string of the molecule is O=C([C@@H]1C[C@H]2CC[C@H]1N2C(=O)C1CCC(F)(F)CC1)N1CC[C@]2(CCOC2)C1. The molecule has 1 aliphatic carbocycles. The first-order valence-corrected chi connectivity index (χ1v) is 10.9. The van der Waals surface area contributed by atoms with Gasteiger partial charge in [0.15, 0.2) is 0 Å². The van der Waals surface area contributed by atoms with Crippen LogP contribution in [0, 0.1) is 17.3 Å². The Morgan fingerprint density at radius 3 is 2.46 bits per heavy atom. The van der Waals surface area contributed by atoms with Crippen LogP contribution in [0.15, 0.2) is 0 Å². The van der Waals surface area contributed by atoms with Crippen LogP contribution in [0.25, 0.3) is 0 Å². The van der Waals surface area contributed by atoms with Crippen molar-refractivity contribution in [2.75, 3.05) is 26.3 Å². The molecule has 0 N–H and O–H groups in total. The van der Waals surface area contributed by atoms with Crippen LogP contribution in [0.1, 0.15) is 57.8 Å². The molecule has 28 heavy (non-hydrogen) atoms. The second-order valence-electron chi connectivity index (χ2n) is 9.83. The van der Waals surface area contributed by atoms with E-state index in [4.69, 9.17) is 4.74 Å². The van der Waals surface area contributed by atoms with E-state index in [0.717, 1.165) is 58.4 Å². The van der Waals surface area contributed by atoms with Gasteiger partial charge in [-0.1, -0.05) is 0 Å². The largest absolute Gasteiger partial charge is 0.381 e. The van der Waals surface area contributed by atoms with Gasteiger partial charge in [0.2, 0.25) is 17.7 Å². The highest BCUT2D eigenvalue weighted by Crippen LogP contribution is 2.47. The van der Waals surface area contributed by atoms with Gasteiger partial charge in [-0.05, 0) is 44.9 Å². The zero-order chi connectivity index (χ0) is 19.5. The predicted molar refractivity (Wildman–Crippen MR) is 97.7 cm³/mol. The van der Waals surface area contributed by atoms with E-state index >= 15 is 0 Å². The van der Waals surface area contributed by atoms with Gasteiger partial charge in [0.05, 0.1) is 12.5 Å². The van der Waals surface area contributed by atoms with Crippen molar-refractivity contribution in [2.45, 2.75) is 75.8 Å². The van der Waals surface area contributed by atoms with E-state index in [1.165, 1.54) is 0 Å². The highest BCUT2D eigenvalue weighted by Gasteiger charge is 2.54. The maximum atomic E-state index is 13.5. The number of nitrogens with zero attached hydrogens (tertiary/aromatic N) is 2. The molecular formula is C21H30F2N2O3. The van der Waals surface area contributed by atoms with Crippen molar-refractivity contribution in [3.8, 4) is 0 Å². The van der Waals surface area contributed by atoms with E-state index in [2.05, 4.69) is 0 Å². The number of fused-ring (bicyclic) bond motifs is 2. The summed E-state index contributed by atoms with van der Waals surface area (Å²) in [7, 11) is 0. The van der Waals surface area contributed by atoms with Crippen LogP contribution >= 0.6 is 0 Å². The Morgan fingerprint density at radius 2 is 1.75 bits per heavy atom. The Hall–Kier alpha value is -1.24. The Labute approximate surface area is 164 Å². The third-order valence-corrected chi connectivity index (χ3v) is 8.11. The molecule has 0 aromatic rings. The van der Waals surface area contributed by atoms with E-state index < -0.39 is 5.92 Å². The second kappa shape index (κ2) is 6.64. The summed E-state index contributed by atoms with van der Waals surface area (Å²) in [6, 6.07) is 0.101. The number of amides is 2. The normalized spacial score (nSPS) is 40.0. The molecule has 156 valence electrons. The molecule has 5 aliphatic rings. The van der Waals surface area contributed by atoms with Crippen LogP contribution in [-0.4, -0.2) is 65.9 Å². The Bertz CT molecular complexity index is 654. The number of alkyl halides is 2. The maximum Gasteiger partial charge on any atom is 0.248 e. The third kappa shape index (κ3) is 3.04. The van der Waals surface area contributed by atoms with Crippen LogP contribution in [0.5, 0.6) is 0 Å². The lowest BCUT2D eigenvalue weighted by Crippen LogP contribution is -2.45. The van der Waals surface area contributed by atoms with Crippen molar-refractivity contribution >= 4 is 11.8 Å². The molecule has 0 aromatic heterocycles. The van der Waals surface area contributed by atoms with Crippen LogP contribution in [0.3, 0.4) is 0 Å². The zero-order valence-electron chi connectivity index (χ0n) is 16.4. The molecule has 5 fully saturated rings. The van der Waals surface area contributed by atoms with Gasteiger partial charge in [-0.2, -0.15) is 0 Å². The fraction of sp³-hybridized carbons (Fsp3) is 0.905. The molecule has 1 saturated carbocycles. The second-order valence-corrected chi connectivity index (χ2v) is 9.83. The lowest BCUT2D eigenvalue weighted by molar-refractivity contribution is -0.142.